The predicted molar refractivity (Wildman–Crippen MR) is 116 cm³/mol. The molecular formula is C22H26N4OS. The van der Waals surface area contributed by atoms with Crippen molar-refractivity contribution in [2.45, 2.75) is 32.6 Å². The zero-order valence-electron chi connectivity index (χ0n) is 16.6. The third-order valence-electron chi connectivity index (χ3n) is 5.92. The van der Waals surface area contributed by atoms with E-state index in [1.165, 1.54) is 47.2 Å². The maximum absolute atomic E-state index is 5.28. The molecule has 0 bridgehead atoms. The molecule has 0 amide bonds. The summed E-state index contributed by atoms with van der Waals surface area (Å²) in [5.74, 6) is 2.96. The second-order valence-corrected chi connectivity index (χ2v) is 8.74. The molecule has 5 nitrogen and oxygen atoms in total. The fraction of sp³-hybridized carbons (Fsp3) is 0.455. The summed E-state index contributed by atoms with van der Waals surface area (Å²) in [6.07, 6.45) is 4.99. The molecule has 146 valence electrons. The number of aryl methyl sites for hydroxylation is 3. The van der Waals surface area contributed by atoms with Crippen LogP contribution in [-0.4, -0.2) is 43.3 Å². The smallest absolute Gasteiger partial charge is 0.141 e. The molecule has 1 aliphatic carbocycles. The fourth-order valence-corrected chi connectivity index (χ4v) is 5.74. The second-order valence-electron chi connectivity index (χ2n) is 7.66. The number of rotatable bonds is 3. The van der Waals surface area contributed by atoms with Crippen LogP contribution in [-0.2, 0) is 12.8 Å². The van der Waals surface area contributed by atoms with Gasteiger partial charge in [0.05, 0.1) is 12.5 Å². The number of aromatic nitrogens is 2. The zero-order chi connectivity index (χ0) is 19.1. The highest BCUT2D eigenvalue weighted by Crippen LogP contribution is 2.40. The summed E-state index contributed by atoms with van der Waals surface area (Å²) in [7, 11) is 1.71. The van der Waals surface area contributed by atoms with Crippen molar-refractivity contribution in [2.24, 2.45) is 0 Å². The number of anilines is 2. The highest BCUT2D eigenvalue weighted by Gasteiger charge is 2.25. The van der Waals surface area contributed by atoms with Crippen LogP contribution in [0.3, 0.4) is 0 Å². The Labute approximate surface area is 170 Å². The van der Waals surface area contributed by atoms with E-state index in [1.807, 2.05) is 30.4 Å². The number of hydrogen-bond acceptors (Lipinski definition) is 6. The van der Waals surface area contributed by atoms with E-state index in [0.717, 1.165) is 43.6 Å². The Morgan fingerprint density at radius 3 is 2.39 bits per heavy atom. The van der Waals surface area contributed by atoms with E-state index in [9.17, 15) is 0 Å². The van der Waals surface area contributed by atoms with Gasteiger partial charge in [-0.2, -0.15) is 0 Å². The lowest BCUT2D eigenvalue weighted by Crippen LogP contribution is -2.47. The Morgan fingerprint density at radius 1 is 0.929 bits per heavy atom. The fourth-order valence-electron chi connectivity index (χ4n) is 4.44. The van der Waals surface area contributed by atoms with Crippen LogP contribution in [0.1, 0.15) is 29.1 Å². The van der Waals surface area contributed by atoms with E-state index in [4.69, 9.17) is 14.7 Å². The Bertz CT molecular complexity index is 990. The third-order valence-corrected chi connectivity index (χ3v) is 7.11. The highest BCUT2D eigenvalue weighted by atomic mass is 32.1. The first-order valence-electron chi connectivity index (χ1n) is 10.2. The molecule has 2 aliphatic rings. The van der Waals surface area contributed by atoms with E-state index < -0.39 is 0 Å². The van der Waals surface area contributed by atoms with Crippen LogP contribution >= 0.6 is 11.3 Å². The van der Waals surface area contributed by atoms with Crippen LogP contribution in [0.5, 0.6) is 5.75 Å². The number of fused-ring (bicyclic) bond motifs is 3. The molecule has 28 heavy (non-hydrogen) atoms. The van der Waals surface area contributed by atoms with Gasteiger partial charge in [0.2, 0.25) is 0 Å². The van der Waals surface area contributed by atoms with E-state index in [0.29, 0.717) is 0 Å². The zero-order valence-corrected chi connectivity index (χ0v) is 17.4. The van der Waals surface area contributed by atoms with E-state index in [2.05, 4.69) is 21.9 Å². The van der Waals surface area contributed by atoms with Gasteiger partial charge in [-0.15, -0.1) is 11.3 Å². The normalized spacial score (nSPS) is 17.1. The van der Waals surface area contributed by atoms with Gasteiger partial charge in [0, 0.05) is 36.7 Å². The lowest BCUT2D eigenvalue weighted by Gasteiger charge is -2.37. The monoisotopic (exact) mass is 394 g/mol. The molecule has 1 aliphatic heterocycles. The molecule has 6 heteroatoms. The minimum atomic E-state index is 0.888. The second kappa shape index (κ2) is 7.24. The average molecular weight is 395 g/mol. The van der Waals surface area contributed by atoms with Crippen molar-refractivity contribution in [1.82, 2.24) is 9.97 Å². The molecule has 2 aromatic heterocycles. The van der Waals surface area contributed by atoms with Gasteiger partial charge in [-0.05, 0) is 62.4 Å². The first-order chi connectivity index (χ1) is 13.7. The SMILES string of the molecule is COc1ccc(N2CCN(c3nc(C)nc4sc5c(c34)CCCC5)CC2)cc1. The molecule has 5 rings (SSSR count). The molecule has 0 saturated carbocycles. The number of hydrogen-bond donors (Lipinski definition) is 0. The summed E-state index contributed by atoms with van der Waals surface area (Å²) in [6, 6.07) is 8.38. The topological polar surface area (TPSA) is 41.5 Å². The Balaban J connectivity index is 1.41. The number of piperazine rings is 1. The van der Waals surface area contributed by atoms with Gasteiger partial charge in [0.1, 0.15) is 22.2 Å². The van der Waals surface area contributed by atoms with Crippen molar-refractivity contribution in [2.75, 3.05) is 43.1 Å². The van der Waals surface area contributed by atoms with Crippen LogP contribution in [0, 0.1) is 6.92 Å². The average Bonchev–Trinajstić information content (AvgIpc) is 3.11. The summed E-state index contributed by atoms with van der Waals surface area (Å²) in [5.41, 5.74) is 2.79. The van der Waals surface area contributed by atoms with Crippen LogP contribution in [0.25, 0.3) is 10.2 Å². The van der Waals surface area contributed by atoms with Crippen LogP contribution in [0.15, 0.2) is 24.3 Å². The summed E-state index contributed by atoms with van der Waals surface area (Å²) < 4.78 is 5.28. The summed E-state index contributed by atoms with van der Waals surface area (Å²) in [6.45, 7) is 6.01. The highest BCUT2D eigenvalue weighted by molar-refractivity contribution is 7.19. The van der Waals surface area contributed by atoms with Gasteiger partial charge < -0.3 is 14.5 Å². The van der Waals surface area contributed by atoms with Gasteiger partial charge in [0.15, 0.2) is 0 Å². The van der Waals surface area contributed by atoms with Crippen molar-refractivity contribution in [1.29, 1.82) is 0 Å². The minimum Gasteiger partial charge on any atom is -0.497 e. The molecule has 0 spiro atoms. The lowest BCUT2D eigenvalue weighted by atomic mass is 9.97. The predicted octanol–water partition coefficient (Wildman–Crippen LogP) is 4.21. The minimum absolute atomic E-state index is 0.888. The Morgan fingerprint density at radius 2 is 1.64 bits per heavy atom. The maximum Gasteiger partial charge on any atom is 0.141 e. The van der Waals surface area contributed by atoms with Crippen LogP contribution in [0.4, 0.5) is 11.5 Å². The summed E-state index contributed by atoms with van der Waals surface area (Å²) in [5, 5.41) is 1.34. The quantitative estimate of drug-likeness (QED) is 0.665. The van der Waals surface area contributed by atoms with Crippen LogP contribution in [0.2, 0.25) is 0 Å². The molecule has 0 radical (unpaired) electrons. The van der Waals surface area contributed by atoms with Gasteiger partial charge in [-0.25, -0.2) is 9.97 Å². The largest absolute Gasteiger partial charge is 0.497 e. The number of ether oxygens (including phenoxy) is 1. The van der Waals surface area contributed by atoms with Crippen molar-refractivity contribution in [3.63, 3.8) is 0 Å². The Hall–Kier alpha value is -2.34. The lowest BCUT2D eigenvalue weighted by molar-refractivity contribution is 0.415. The maximum atomic E-state index is 5.28. The van der Waals surface area contributed by atoms with Crippen molar-refractivity contribution >= 4 is 33.1 Å². The number of benzene rings is 1. The first-order valence-corrected chi connectivity index (χ1v) is 11.0. The van der Waals surface area contributed by atoms with Crippen molar-refractivity contribution in [3.05, 3.63) is 40.5 Å². The molecular weight excluding hydrogens is 368 g/mol. The molecule has 1 saturated heterocycles. The van der Waals surface area contributed by atoms with E-state index >= 15 is 0 Å². The molecule has 1 fully saturated rings. The first kappa shape index (κ1) is 17.7. The molecule has 0 unspecified atom stereocenters. The van der Waals surface area contributed by atoms with Gasteiger partial charge >= 0.3 is 0 Å². The standard InChI is InChI=1S/C22H26N4OS/c1-15-23-21(20-18-5-3-4-6-19(18)28-22(20)24-15)26-13-11-25(12-14-26)16-7-9-17(27-2)10-8-16/h7-10H,3-6,11-14H2,1-2H3. The summed E-state index contributed by atoms with van der Waals surface area (Å²) >= 11 is 1.89. The molecule has 0 N–H and O–H groups in total. The van der Waals surface area contributed by atoms with Crippen molar-refractivity contribution in [3.8, 4) is 5.75 Å². The van der Waals surface area contributed by atoms with Gasteiger partial charge in [-0.1, -0.05) is 0 Å². The number of methoxy groups -OCH3 is 1. The number of thiophene rings is 1. The van der Waals surface area contributed by atoms with Gasteiger partial charge in [-0.3, -0.25) is 0 Å². The van der Waals surface area contributed by atoms with Gasteiger partial charge in [0.25, 0.3) is 0 Å². The van der Waals surface area contributed by atoms with Crippen LogP contribution < -0.4 is 14.5 Å². The molecule has 1 aromatic carbocycles. The number of nitrogens with zero attached hydrogens (tertiary/aromatic N) is 4. The van der Waals surface area contributed by atoms with E-state index in [1.54, 1.807) is 12.0 Å². The molecule has 0 atom stereocenters. The Kier molecular flexibility index (Phi) is 4.59. The third kappa shape index (κ3) is 3.09. The van der Waals surface area contributed by atoms with Crippen molar-refractivity contribution < 1.29 is 4.74 Å². The molecule has 3 heterocycles. The van der Waals surface area contributed by atoms with E-state index in [-0.39, 0.29) is 0 Å². The summed E-state index contributed by atoms with van der Waals surface area (Å²) in [4.78, 5) is 17.3. The molecule has 3 aromatic rings.